The number of nitrogens with zero attached hydrogens (tertiary/aromatic N) is 4. The molecule has 0 saturated heterocycles. The minimum Gasteiger partial charge on any atom is -0.325 e. The Hall–Kier alpha value is -1.53. The smallest absolute Gasteiger partial charge is 0.141 e. The van der Waals surface area contributed by atoms with Crippen LogP contribution in [0.5, 0.6) is 0 Å². The van der Waals surface area contributed by atoms with E-state index in [9.17, 15) is 0 Å². The summed E-state index contributed by atoms with van der Waals surface area (Å²) in [6, 6.07) is 2.01. The van der Waals surface area contributed by atoms with Crippen molar-refractivity contribution in [3.8, 4) is 11.4 Å². The summed E-state index contributed by atoms with van der Waals surface area (Å²) in [5, 5.41) is 3.17. The van der Waals surface area contributed by atoms with E-state index in [1.807, 2.05) is 25.4 Å². The maximum absolute atomic E-state index is 4.48. The Labute approximate surface area is 123 Å². The average molecular weight is 335 g/mol. The minimum atomic E-state index is 0.728. The molecule has 0 unspecified atom stereocenters. The number of aryl methyl sites for hydroxylation is 1. The van der Waals surface area contributed by atoms with E-state index in [2.05, 4.69) is 40.8 Å². The standard InChI is InChI=1S/C13H11BrN4S/c1-9-17-12(8-19-9)7-18-3-2-16-13(18)10-4-11(14)6-15-5-10/h2-6,8H,7H2,1H3. The van der Waals surface area contributed by atoms with Crippen LogP contribution in [0, 0.1) is 6.92 Å². The summed E-state index contributed by atoms with van der Waals surface area (Å²) >= 11 is 5.10. The molecule has 0 bridgehead atoms. The van der Waals surface area contributed by atoms with Crippen molar-refractivity contribution >= 4 is 27.3 Å². The van der Waals surface area contributed by atoms with Gasteiger partial charge in [-0.25, -0.2) is 9.97 Å². The SMILES string of the molecule is Cc1nc(Cn2ccnc2-c2cncc(Br)c2)cs1. The fourth-order valence-electron chi connectivity index (χ4n) is 1.89. The van der Waals surface area contributed by atoms with Gasteiger partial charge in [-0.3, -0.25) is 4.98 Å². The third-order valence-electron chi connectivity index (χ3n) is 2.68. The van der Waals surface area contributed by atoms with Gasteiger partial charge in [0.15, 0.2) is 0 Å². The summed E-state index contributed by atoms with van der Waals surface area (Å²) in [6.45, 7) is 2.74. The first-order valence-electron chi connectivity index (χ1n) is 5.75. The average Bonchev–Trinajstić information content (AvgIpc) is 2.99. The van der Waals surface area contributed by atoms with Crippen molar-refractivity contribution in [1.29, 1.82) is 0 Å². The maximum atomic E-state index is 4.48. The Morgan fingerprint density at radius 1 is 1.37 bits per heavy atom. The summed E-state index contributed by atoms with van der Waals surface area (Å²) in [5.74, 6) is 0.902. The third kappa shape index (κ3) is 2.74. The zero-order valence-electron chi connectivity index (χ0n) is 10.2. The topological polar surface area (TPSA) is 43.6 Å². The van der Waals surface area contributed by atoms with Crippen molar-refractivity contribution in [3.63, 3.8) is 0 Å². The predicted octanol–water partition coefficient (Wildman–Crippen LogP) is 3.52. The summed E-state index contributed by atoms with van der Waals surface area (Å²) in [6.07, 6.45) is 7.34. The van der Waals surface area contributed by atoms with Crippen molar-refractivity contribution in [2.45, 2.75) is 13.5 Å². The Balaban J connectivity index is 1.94. The fraction of sp³-hybridized carbons (Fsp3) is 0.154. The van der Waals surface area contributed by atoms with Gasteiger partial charge in [-0.15, -0.1) is 11.3 Å². The van der Waals surface area contributed by atoms with E-state index < -0.39 is 0 Å². The highest BCUT2D eigenvalue weighted by molar-refractivity contribution is 9.10. The van der Waals surface area contributed by atoms with Gasteiger partial charge in [0.05, 0.1) is 17.2 Å². The summed E-state index contributed by atoms with van der Waals surface area (Å²) < 4.78 is 3.03. The van der Waals surface area contributed by atoms with Crippen molar-refractivity contribution in [2.75, 3.05) is 0 Å². The van der Waals surface area contributed by atoms with Crippen LogP contribution in [-0.2, 0) is 6.54 Å². The van der Waals surface area contributed by atoms with Crippen LogP contribution in [0.3, 0.4) is 0 Å². The molecule has 3 heterocycles. The monoisotopic (exact) mass is 334 g/mol. The number of pyridine rings is 1. The van der Waals surface area contributed by atoms with E-state index in [0.29, 0.717) is 0 Å². The highest BCUT2D eigenvalue weighted by Gasteiger charge is 2.08. The van der Waals surface area contributed by atoms with Crippen molar-refractivity contribution in [2.24, 2.45) is 0 Å². The molecule has 0 N–H and O–H groups in total. The normalized spacial score (nSPS) is 10.8. The van der Waals surface area contributed by atoms with E-state index in [0.717, 1.165) is 33.1 Å². The first-order chi connectivity index (χ1) is 9.22. The number of halogens is 1. The van der Waals surface area contributed by atoms with E-state index in [1.165, 1.54) is 0 Å². The van der Waals surface area contributed by atoms with E-state index in [1.54, 1.807) is 23.7 Å². The van der Waals surface area contributed by atoms with Crippen LogP contribution in [0.15, 0.2) is 40.7 Å². The molecule has 3 aromatic heterocycles. The molecule has 0 saturated carbocycles. The first-order valence-corrected chi connectivity index (χ1v) is 7.43. The highest BCUT2D eigenvalue weighted by Crippen LogP contribution is 2.21. The van der Waals surface area contributed by atoms with Gasteiger partial charge in [-0.2, -0.15) is 0 Å². The van der Waals surface area contributed by atoms with Gasteiger partial charge in [-0.1, -0.05) is 0 Å². The van der Waals surface area contributed by atoms with Crippen LogP contribution in [0.2, 0.25) is 0 Å². The summed E-state index contributed by atoms with van der Waals surface area (Å²) in [5.41, 5.74) is 2.05. The zero-order chi connectivity index (χ0) is 13.2. The fourth-order valence-corrected chi connectivity index (χ4v) is 2.86. The molecule has 0 aliphatic heterocycles. The molecule has 0 aliphatic carbocycles. The molecule has 3 rings (SSSR count). The lowest BCUT2D eigenvalue weighted by Gasteiger charge is -2.06. The van der Waals surface area contributed by atoms with Crippen molar-refractivity contribution in [1.82, 2.24) is 19.5 Å². The molecule has 19 heavy (non-hydrogen) atoms. The molecule has 0 fully saturated rings. The number of hydrogen-bond donors (Lipinski definition) is 0. The van der Waals surface area contributed by atoms with Crippen LogP contribution in [0.4, 0.5) is 0 Å². The van der Waals surface area contributed by atoms with Crippen molar-refractivity contribution in [3.05, 3.63) is 51.4 Å². The van der Waals surface area contributed by atoms with Crippen molar-refractivity contribution < 1.29 is 0 Å². The van der Waals surface area contributed by atoms with Crippen LogP contribution in [0.25, 0.3) is 11.4 Å². The largest absolute Gasteiger partial charge is 0.325 e. The molecule has 4 nitrogen and oxygen atoms in total. The Bertz CT molecular complexity index is 704. The Morgan fingerprint density at radius 3 is 3.00 bits per heavy atom. The molecular formula is C13H11BrN4S. The molecule has 96 valence electrons. The van der Waals surface area contributed by atoms with Gasteiger partial charge < -0.3 is 4.57 Å². The van der Waals surface area contributed by atoms with E-state index in [-0.39, 0.29) is 0 Å². The molecule has 0 amide bonds. The molecule has 0 aliphatic rings. The second-order valence-corrected chi connectivity index (χ2v) is 6.11. The highest BCUT2D eigenvalue weighted by atomic mass is 79.9. The van der Waals surface area contributed by atoms with Gasteiger partial charge in [0.1, 0.15) is 5.82 Å². The predicted molar refractivity (Wildman–Crippen MR) is 79.1 cm³/mol. The third-order valence-corrected chi connectivity index (χ3v) is 3.93. The Morgan fingerprint density at radius 2 is 2.26 bits per heavy atom. The lowest BCUT2D eigenvalue weighted by atomic mass is 10.2. The van der Waals surface area contributed by atoms with E-state index in [4.69, 9.17) is 0 Å². The van der Waals surface area contributed by atoms with Gasteiger partial charge in [0, 0.05) is 40.2 Å². The molecule has 6 heteroatoms. The Kier molecular flexibility index (Phi) is 3.44. The first kappa shape index (κ1) is 12.5. The summed E-state index contributed by atoms with van der Waals surface area (Å²) in [4.78, 5) is 13.1. The van der Waals surface area contributed by atoms with Crippen LogP contribution < -0.4 is 0 Å². The molecule has 0 atom stereocenters. The minimum absolute atomic E-state index is 0.728. The number of aromatic nitrogens is 4. The van der Waals surface area contributed by atoms with Crippen LogP contribution >= 0.6 is 27.3 Å². The zero-order valence-corrected chi connectivity index (χ0v) is 12.6. The van der Waals surface area contributed by atoms with Gasteiger partial charge in [0.2, 0.25) is 0 Å². The molecular weight excluding hydrogens is 324 g/mol. The second-order valence-electron chi connectivity index (χ2n) is 4.13. The quantitative estimate of drug-likeness (QED) is 0.736. The van der Waals surface area contributed by atoms with Gasteiger partial charge >= 0.3 is 0 Å². The number of rotatable bonds is 3. The lowest BCUT2D eigenvalue weighted by Crippen LogP contribution is -2.01. The molecule has 0 spiro atoms. The van der Waals surface area contributed by atoms with Gasteiger partial charge in [0.25, 0.3) is 0 Å². The van der Waals surface area contributed by atoms with Gasteiger partial charge in [-0.05, 0) is 28.9 Å². The van der Waals surface area contributed by atoms with Crippen LogP contribution in [0.1, 0.15) is 10.7 Å². The van der Waals surface area contributed by atoms with E-state index >= 15 is 0 Å². The molecule has 0 aromatic carbocycles. The number of hydrogen-bond acceptors (Lipinski definition) is 4. The number of thiazole rings is 1. The maximum Gasteiger partial charge on any atom is 0.141 e. The molecule has 0 radical (unpaired) electrons. The molecule has 3 aromatic rings. The lowest BCUT2D eigenvalue weighted by molar-refractivity contribution is 0.785. The van der Waals surface area contributed by atoms with Crippen LogP contribution in [-0.4, -0.2) is 19.5 Å². The summed E-state index contributed by atoms with van der Waals surface area (Å²) in [7, 11) is 0. The second kappa shape index (κ2) is 5.22. The number of imidazole rings is 1.